The molecular formula is C13H11BrN2O2. The molecule has 0 amide bonds. The van der Waals surface area contributed by atoms with Crippen molar-refractivity contribution in [1.82, 2.24) is 9.97 Å². The fourth-order valence-electron chi connectivity index (χ4n) is 1.40. The number of halogens is 1. The van der Waals surface area contributed by atoms with Crippen molar-refractivity contribution in [3.8, 4) is 11.4 Å². The van der Waals surface area contributed by atoms with Crippen LogP contribution in [0.1, 0.15) is 17.3 Å². The normalized spacial score (nSPS) is 10.1. The van der Waals surface area contributed by atoms with E-state index in [1.807, 2.05) is 24.3 Å². The molecule has 0 spiro atoms. The number of carbonyl (C=O) groups excluding carboxylic acids is 1. The highest BCUT2D eigenvalue weighted by Crippen LogP contribution is 2.18. The molecule has 4 nitrogen and oxygen atoms in total. The minimum atomic E-state index is -0.403. The van der Waals surface area contributed by atoms with Gasteiger partial charge in [-0.05, 0) is 19.1 Å². The van der Waals surface area contributed by atoms with E-state index in [1.54, 1.807) is 6.92 Å². The number of benzene rings is 1. The largest absolute Gasteiger partial charge is 0.462 e. The Hall–Kier alpha value is -1.75. The van der Waals surface area contributed by atoms with Crippen LogP contribution in [0, 0.1) is 0 Å². The summed E-state index contributed by atoms with van der Waals surface area (Å²) in [5, 5.41) is 0. The van der Waals surface area contributed by atoms with Gasteiger partial charge in [0.25, 0.3) is 0 Å². The van der Waals surface area contributed by atoms with Gasteiger partial charge in [-0.2, -0.15) is 0 Å². The molecule has 0 aliphatic heterocycles. The topological polar surface area (TPSA) is 52.1 Å². The van der Waals surface area contributed by atoms with E-state index in [0.29, 0.717) is 18.0 Å². The first-order chi connectivity index (χ1) is 8.70. The Kier molecular flexibility index (Phi) is 4.04. The van der Waals surface area contributed by atoms with E-state index in [-0.39, 0.29) is 0 Å². The molecule has 1 heterocycles. The molecule has 0 fully saturated rings. The lowest BCUT2D eigenvalue weighted by Crippen LogP contribution is -2.06. The molecular weight excluding hydrogens is 296 g/mol. The number of nitrogens with zero attached hydrogens (tertiary/aromatic N) is 2. The summed E-state index contributed by atoms with van der Waals surface area (Å²) in [5.41, 5.74) is 1.26. The zero-order valence-corrected chi connectivity index (χ0v) is 11.3. The Morgan fingerprint density at radius 2 is 1.83 bits per heavy atom. The highest BCUT2D eigenvalue weighted by atomic mass is 79.9. The van der Waals surface area contributed by atoms with Gasteiger partial charge >= 0.3 is 5.97 Å². The number of esters is 1. The second-order valence-electron chi connectivity index (χ2n) is 3.52. The molecule has 0 aliphatic rings. The Labute approximate surface area is 113 Å². The van der Waals surface area contributed by atoms with Crippen LogP contribution in [0.2, 0.25) is 0 Å². The molecule has 2 rings (SSSR count). The first kappa shape index (κ1) is 12.7. The van der Waals surface area contributed by atoms with Gasteiger partial charge in [-0.1, -0.05) is 28.1 Å². The minimum absolute atomic E-state index is 0.341. The van der Waals surface area contributed by atoms with Crippen LogP contribution in [0.4, 0.5) is 0 Å². The van der Waals surface area contributed by atoms with Gasteiger partial charge < -0.3 is 4.74 Å². The summed E-state index contributed by atoms with van der Waals surface area (Å²) in [6.07, 6.45) is 2.95. The van der Waals surface area contributed by atoms with E-state index in [2.05, 4.69) is 25.9 Å². The quantitative estimate of drug-likeness (QED) is 0.818. The smallest absolute Gasteiger partial charge is 0.341 e. The van der Waals surface area contributed by atoms with Gasteiger partial charge in [0.1, 0.15) is 0 Å². The third-order valence-corrected chi connectivity index (χ3v) is 2.79. The number of carbonyl (C=O) groups is 1. The Bertz CT molecular complexity index is 538. The first-order valence-electron chi connectivity index (χ1n) is 5.46. The van der Waals surface area contributed by atoms with Crippen molar-refractivity contribution >= 4 is 21.9 Å². The predicted octanol–water partition coefficient (Wildman–Crippen LogP) is 3.08. The van der Waals surface area contributed by atoms with Crippen LogP contribution in [-0.2, 0) is 4.74 Å². The van der Waals surface area contributed by atoms with Crippen LogP contribution in [0.15, 0.2) is 41.1 Å². The molecule has 5 heteroatoms. The fraction of sp³-hybridized carbons (Fsp3) is 0.154. The molecule has 1 aromatic carbocycles. The number of ether oxygens (including phenoxy) is 1. The molecule has 92 valence electrons. The second kappa shape index (κ2) is 5.73. The highest BCUT2D eigenvalue weighted by Gasteiger charge is 2.08. The maximum absolute atomic E-state index is 11.4. The molecule has 2 aromatic rings. The summed E-state index contributed by atoms with van der Waals surface area (Å²) in [6.45, 7) is 2.10. The lowest BCUT2D eigenvalue weighted by Gasteiger charge is -2.03. The van der Waals surface area contributed by atoms with Crippen molar-refractivity contribution in [2.75, 3.05) is 6.61 Å². The van der Waals surface area contributed by atoms with Crippen molar-refractivity contribution in [2.45, 2.75) is 6.92 Å². The van der Waals surface area contributed by atoms with E-state index >= 15 is 0 Å². The van der Waals surface area contributed by atoms with Crippen molar-refractivity contribution in [2.24, 2.45) is 0 Å². The third-order valence-electron chi connectivity index (χ3n) is 2.27. The average Bonchev–Trinajstić information content (AvgIpc) is 2.40. The van der Waals surface area contributed by atoms with Crippen LogP contribution in [-0.4, -0.2) is 22.5 Å². The average molecular weight is 307 g/mol. The van der Waals surface area contributed by atoms with Crippen LogP contribution in [0.5, 0.6) is 0 Å². The monoisotopic (exact) mass is 306 g/mol. The summed E-state index contributed by atoms with van der Waals surface area (Å²) >= 11 is 3.36. The fourth-order valence-corrected chi connectivity index (χ4v) is 1.66. The molecule has 18 heavy (non-hydrogen) atoms. The summed E-state index contributed by atoms with van der Waals surface area (Å²) in [4.78, 5) is 19.7. The molecule has 0 bridgehead atoms. The lowest BCUT2D eigenvalue weighted by molar-refractivity contribution is 0.0525. The van der Waals surface area contributed by atoms with Crippen molar-refractivity contribution in [3.05, 3.63) is 46.7 Å². The van der Waals surface area contributed by atoms with E-state index < -0.39 is 5.97 Å². The van der Waals surface area contributed by atoms with Gasteiger partial charge in [-0.15, -0.1) is 0 Å². The molecule has 1 aromatic heterocycles. The van der Waals surface area contributed by atoms with Gasteiger partial charge in [-0.25, -0.2) is 14.8 Å². The molecule has 0 atom stereocenters. The van der Waals surface area contributed by atoms with Crippen molar-refractivity contribution in [1.29, 1.82) is 0 Å². The molecule has 0 radical (unpaired) electrons. The van der Waals surface area contributed by atoms with Crippen LogP contribution >= 0.6 is 15.9 Å². The van der Waals surface area contributed by atoms with E-state index in [1.165, 1.54) is 12.4 Å². The van der Waals surface area contributed by atoms with Crippen LogP contribution in [0.25, 0.3) is 11.4 Å². The summed E-state index contributed by atoms with van der Waals surface area (Å²) in [6, 6.07) is 7.64. The minimum Gasteiger partial charge on any atom is -0.462 e. The first-order valence-corrected chi connectivity index (χ1v) is 6.25. The third kappa shape index (κ3) is 2.92. The van der Waals surface area contributed by atoms with Crippen LogP contribution in [0.3, 0.4) is 0 Å². The lowest BCUT2D eigenvalue weighted by atomic mass is 10.2. The van der Waals surface area contributed by atoms with Crippen molar-refractivity contribution in [3.63, 3.8) is 0 Å². The Morgan fingerprint density at radius 3 is 2.39 bits per heavy atom. The number of hydrogen-bond donors (Lipinski definition) is 0. The Morgan fingerprint density at radius 1 is 1.22 bits per heavy atom. The predicted molar refractivity (Wildman–Crippen MR) is 71.1 cm³/mol. The maximum atomic E-state index is 11.4. The summed E-state index contributed by atoms with van der Waals surface area (Å²) in [7, 11) is 0. The second-order valence-corrected chi connectivity index (χ2v) is 4.44. The van der Waals surface area contributed by atoms with Gasteiger partial charge in [0.15, 0.2) is 5.82 Å². The van der Waals surface area contributed by atoms with E-state index in [0.717, 1.165) is 10.0 Å². The molecule has 0 N–H and O–H groups in total. The molecule has 0 unspecified atom stereocenters. The van der Waals surface area contributed by atoms with E-state index in [4.69, 9.17) is 4.74 Å². The van der Waals surface area contributed by atoms with Gasteiger partial charge in [0.2, 0.25) is 0 Å². The standard InChI is InChI=1S/C13H11BrN2O2/c1-2-18-13(17)10-7-15-12(16-8-10)9-3-5-11(14)6-4-9/h3-8H,2H2,1H3. The van der Waals surface area contributed by atoms with E-state index in [9.17, 15) is 4.79 Å². The van der Waals surface area contributed by atoms with Gasteiger partial charge in [0.05, 0.1) is 12.2 Å². The highest BCUT2D eigenvalue weighted by molar-refractivity contribution is 9.10. The molecule has 0 saturated carbocycles. The molecule has 0 aliphatic carbocycles. The van der Waals surface area contributed by atoms with Crippen molar-refractivity contribution < 1.29 is 9.53 Å². The maximum Gasteiger partial charge on any atom is 0.341 e. The number of rotatable bonds is 3. The number of hydrogen-bond acceptors (Lipinski definition) is 4. The zero-order valence-electron chi connectivity index (χ0n) is 9.76. The van der Waals surface area contributed by atoms with Crippen LogP contribution < -0.4 is 0 Å². The molecule has 0 saturated heterocycles. The van der Waals surface area contributed by atoms with Gasteiger partial charge in [-0.3, -0.25) is 0 Å². The van der Waals surface area contributed by atoms with Gasteiger partial charge in [0, 0.05) is 22.4 Å². The summed E-state index contributed by atoms with van der Waals surface area (Å²) in [5.74, 6) is 0.176. The summed E-state index contributed by atoms with van der Waals surface area (Å²) < 4.78 is 5.86. The SMILES string of the molecule is CCOC(=O)c1cnc(-c2ccc(Br)cc2)nc1. The number of aromatic nitrogens is 2. The zero-order chi connectivity index (χ0) is 13.0. The Balaban J connectivity index is 2.22.